The molecule has 0 bridgehead atoms. The summed E-state index contributed by atoms with van der Waals surface area (Å²) in [4.78, 5) is 37.5. The molecular formula is C32H29F2N7O5S. The molecule has 12 nitrogen and oxygen atoms in total. The Morgan fingerprint density at radius 1 is 1.15 bits per heavy atom. The molecule has 0 amide bonds. The fourth-order valence-electron chi connectivity index (χ4n) is 5.91. The van der Waals surface area contributed by atoms with E-state index in [2.05, 4.69) is 48.6 Å². The molecule has 0 aromatic carbocycles. The first-order chi connectivity index (χ1) is 22.8. The predicted octanol–water partition coefficient (Wildman–Crippen LogP) is 3.83. The zero-order valence-electron chi connectivity index (χ0n) is 25.1. The van der Waals surface area contributed by atoms with Gasteiger partial charge in [-0.25, -0.2) is 23.5 Å². The zero-order chi connectivity index (χ0) is 32.5. The van der Waals surface area contributed by atoms with Crippen molar-refractivity contribution in [1.29, 1.82) is 0 Å². The standard InChI is InChI=1S/C32H29F2N7O5S/c1-19-32(17-44-18-32)45-11-10-40(19)23-13-21(5-4-20-6-8-35-9-7-20)15-36-29(23)46-22-14-24(30(42)43)41(16-22)31-38-27(25-3-2-12-47-25)37-28(39-31)26(33)34/h2-3,6-9,12-13,15,19,22,24,26H,10-11,14,16-18H2,1H3,(H,42,43)/t19-,22-,24-/m0/s1. The molecule has 7 heterocycles. The maximum absolute atomic E-state index is 13.8. The van der Waals surface area contributed by atoms with E-state index in [4.69, 9.17) is 14.2 Å². The molecule has 1 N–H and O–H groups in total. The number of carboxylic acid groups (broad SMARTS) is 1. The van der Waals surface area contributed by atoms with Crippen LogP contribution in [0.25, 0.3) is 10.7 Å². The van der Waals surface area contributed by atoms with E-state index in [9.17, 15) is 18.7 Å². The number of aliphatic carboxylic acids is 1. The number of carbonyl (C=O) groups is 1. The number of aromatic nitrogens is 5. The van der Waals surface area contributed by atoms with Gasteiger partial charge in [-0.05, 0) is 36.6 Å². The third-order valence-corrected chi connectivity index (χ3v) is 9.34. The average Bonchev–Trinajstić information content (AvgIpc) is 3.75. The lowest BCUT2D eigenvalue weighted by molar-refractivity contribution is -0.228. The van der Waals surface area contributed by atoms with Gasteiger partial charge >= 0.3 is 5.97 Å². The van der Waals surface area contributed by atoms with Gasteiger partial charge in [0.05, 0.1) is 37.3 Å². The molecule has 0 unspecified atom stereocenters. The number of rotatable bonds is 7. The summed E-state index contributed by atoms with van der Waals surface area (Å²) in [5.74, 6) is 4.60. The largest absolute Gasteiger partial charge is 0.480 e. The van der Waals surface area contributed by atoms with Crippen molar-refractivity contribution in [2.45, 2.75) is 43.6 Å². The van der Waals surface area contributed by atoms with Gasteiger partial charge in [0.1, 0.15) is 23.4 Å². The van der Waals surface area contributed by atoms with E-state index < -0.39 is 36.0 Å². The van der Waals surface area contributed by atoms with Crippen LogP contribution >= 0.6 is 11.3 Å². The minimum Gasteiger partial charge on any atom is -0.480 e. The van der Waals surface area contributed by atoms with Gasteiger partial charge in [0.2, 0.25) is 17.7 Å². The normalized spacial score (nSPS) is 21.7. The summed E-state index contributed by atoms with van der Waals surface area (Å²) >= 11 is 1.28. The van der Waals surface area contributed by atoms with E-state index in [0.29, 0.717) is 48.4 Å². The molecule has 0 aliphatic carbocycles. The van der Waals surface area contributed by atoms with E-state index >= 15 is 0 Å². The van der Waals surface area contributed by atoms with Crippen molar-refractivity contribution in [1.82, 2.24) is 24.9 Å². The summed E-state index contributed by atoms with van der Waals surface area (Å²) in [6.45, 7) is 4.04. The first kappa shape index (κ1) is 30.9. The number of nitrogens with zero attached hydrogens (tertiary/aromatic N) is 7. The van der Waals surface area contributed by atoms with Gasteiger partial charge in [0, 0.05) is 42.7 Å². The average molecular weight is 662 g/mol. The minimum absolute atomic E-state index is 0.0225. The van der Waals surface area contributed by atoms with Crippen LogP contribution in [0, 0.1) is 11.8 Å². The number of hydrogen-bond donors (Lipinski definition) is 1. The topological polar surface area (TPSA) is 136 Å². The lowest BCUT2D eigenvalue weighted by atomic mass is 9.90. The zero-order valence-corrected chi connectivity index (χ0v) is 25.9. The summed E-state index contributed by atoms with van der Waals surface area (Å²) in [7, 11) is 0. The number of carboxylic acids is 1. The first-order valence-electron chi connectivity index (χ1n) is 14.9. The van der Waals surface area contributed by atoms with Gasteiger partial charge in [-0.3, -0.25) is 4.98 Å². The van der Waals surface area contributed by atoms with Crippen LogP contribution in [-0.4, -0.2) is 92.7 Å². The second-order valence-corrected chi connectivity index (χ2v) is 12.3. The number of thiophene rings is 1. The number of hydrogen-bond acceptors (Lipinski definition) is 12. The van der Waals surface area contributed by atoms with Crippen molar-refractivity contribution in [3.63, 3.8) is 0 Å². The second-order valence-electron chi connectivity index (χ2n) is 11.4. The van der Waals surface area contributed by atoms with Gasteiger partial charge in [-0.15, -0.1) is 11.3 Å². The van der Waals surface area contributed by atoms with Crippen LogP contribution in [0.3, 0.4) is 0 Å². The maximum atomic E-state index is 13.8. The molecule has 3 aliphatic rings. The summed E-state index contributed by atoms with van der Waals surface area (Å²) in [5.41, 5.74) is 1.67. The van der Waals surface area contributed by atoms with Gasteiger partial charge < -0.3 is 29.1 Å². The smallest absolute Gasteiger partial charge is 0.326 e. The molecule has 0 saturated carbocycles. The number of pyridine rings is 2. The van der Waals surface area contributed by atoms with Crippen LogP contribution in [0.2, 0.25) is 0 Å². The van der Waals surface area contributed by atoms with Crippen LogP contribution < -0.4 is 14.5 Å². The van der Waals surface area contributed by atoms with E-state index in [-0.39, 0.29) is 30.8 Å². The predicted molar refractivity (Wildman–Crippen MR) is 167 cm³/mol. The maximum Gasteiger partial charge on any atom is 0.326 e. The minimum atomic E-state index is -2.97. The Morgan fingerprint density at radius 2 is 1.96 bits per heavy atom. The molecule has 3 fully saturated rings. The van der Waals surface area contributed by atoms with E-state index in [0.717, 1.165) is 5.56 Å². The Bertz CT molecular complexity index is 1820. The monoisotopic (exact) mass is 661 g/mol. The Hall–Kier alpha value is -4.78. The van der Waals surface area contributed by atoms with Crippen molar-refractivity contribution in [3.8, 4) is 28.4 Å². The fraction of sp³-hybridized carbons (Fsp3) is 0.375. The van der Waals surface area contributed by atoms with E-state index in [1.165, 1.54) is 16.2 Å². The fourth-order valence-corrected chi connectivity index (χ4v) is 6.56. The van der Waals surface area contributed by atoms with Gasteiger partial charge in [-0.1, -0.05) is 17.9 Å². The third kappa shape index (κ3) is 6.19. The number of morpholine rings is 1. The second kappa shape index (κ2) is 12.8. The SMILES string of the molecule is C[C@@H]1N(c2cc(C#Cc3ccncc3)cnc2O[C@H]2C[C@@H](C(=O)O)N(c3nc(-c4cccs4)nc(C(F)F)n3)C2)CCOC12COC2. The van der Waals surface area contributed by atoms with Crippen molar-refractivity contribution < 1.29 is 32.9 Å². The number of alkyl halides is 2. The summed E-state index contributed by atoms with van der Waals surface area (Å²) in [6.07, 6.45) is 1.34. The number of anilines is 2. The highest BCUT2D eigenvalue weighted by Crippen LogP contribution is 2.39. The molecule has 3 aliphatic heterocycles. The summed E-state index contributed by atoms with van der Waals surface area (Å²) in [6, 6.07) is 7.77. The molecular weight excluding hydrogens is 632 g/mol. The molecule has 15 heteroatoms. The molecule has 7 rings (SSSR count). The quantitative estimate of drug-likeness (QED) is 0.289. The molecule has 47 heavy (non-hydrogen) atoms. The van der Waals surface area contributed by atoms with Crippen molar-refractivity contribution in [2.24, 2.45) is 0 Å². The van der Waals surface area contributed by atoms with Crippen LogP contribution in [0.15, 0.2) is 54.3 Å². The van der Waals surface area contributed by atoms with Crippen LogP contribution in [0.4, 0.5) is 20.4 Å². The number of halogens is 2. The number of ether oxygens (including phenoxy) is 3. The lowest BCUT2D eigenvalue weighted by Gasteiger charge is -2.53. The van der Waals surface area contributed by atoms with Crippen molar-refractivity contribution in [3.05, 3.63) is 71.3 Å². The Morgan fingerprint density at radius 3 is 2.66 bits per heavy atom. The van der Waals surface area contributed by atoms with Crippen LogP contribution in [0.1, 0.15) is 36.7 Å². The summed E-state index contributed by atoms with van der Waals surface area (Å²) < 4.78 is 45.8. The molecule has 4 aromatic heterocycles. The first-order valence-corrected chi connectivity index (χ1v) is 15.8. The van der Waals surface area contributed by atoms with Crippen LogP contribution in [0.5, 0.6) is 5.88 Å². The molecule has 3 saturated heterocycles. The van der Waals surface area contributed by atoms with Gasteiger partial charge in [-0.2, -0.15) is 9.97 Å². The molecule has 0 radical (unpaired) electrons. The Balaban J connectivity index is 1.21. The molecule has 3 atom stereocenters. The van der Waals surface area contributed by atoms with Crippen molar-refractivity contribution >= 4 is 28.9 Å². The van der Waals surface area contributed by atoms with E-state index in [1.807, 2.05) is 18.2 Å². The Labute approximate surface area is 272 Å². The molecule has 242 valence electrons. The molecule has 4 aromatic rings. The highest BCUT2D eigenvalue weighted by atomic mass is 32.1. The highest BCUT2D eigenvalue weighted by molar-refractivity contribution is 7.13. The van der Waals surface area contributed by atoms with Crippen LogP contribution in [-0.2, 0) is 14.3 Å². The van der Waals surface area contributed by atoms with E-state index in [1.54, 1.807) is 36.1 Å². The Kier molecular flexibility index (Phi) is 8.39. The highest BCUT2D eigenvalue weighted by Gasteiger charge is 2.50. The van der Waals surface area contributed by atoms with Crippen molar-refractivity contribution in [2.75, 3.05) is 42.7 Å². The summed E-state index contributed by atoms with van der Waals surface area (Å²) in [5, 5.41) is 11.9. The molecule has 1 spiro atoms. The van der Waals surface area contributed by atoms with Gasteiger partial charge in [0.25, 0.3) is 6.43 Å². The lowest BCUT2D eigenvalue weighted by Crippen LogP contribution is -2.68. The van der Waals surface area contributed by atoms with Gasteiger partial charge in [0.15, 0.2) is 5.82 Å². The third-order valence-electron chi connectivity index (χ3n) is 8.48.